The first kappa shape index (κ1) is 13.7. The van der Waals surface area contributed by atoms with Crippen molar-refractivity contribution in [1.82, 2.24) is 5.32 Å². The van der Waals surface area contributed by atoms with Crippen LogP contribution in [0, 0.1) is 6.92 Å². The highest BCUT2D eigenvalue weighted by Crippen LogP contribution is 2.26. The van der Waals surface area contributed by atoms with Crippen LogP contribution in [0.3, 0.4) is 0 Å². The lowest BCUT2D eigenvalue weighted by atomic mass is 10.1. The topological polar surface area (TPSA) is 41.5 Å². The highest BCUT2D eigenvalue weighted by molar-refractivity contribution is 6.32. The number of aryl methyl sites for hydroxylation is 1. The normalized spacial score (nSPS) is 18.4. The van der Waals surface area contributed by atoms with Crippen molar-refractivity contribution >= 4 is 11.6 Å². The van der Waals surface area contributed by atoms with Crippen LogP contribution in [-0.4, -0.2) is 29.9 Å². The monoisotopic (exact) mass is 269 g/mol. The van der Waals surface area contributed by atoms with E-state index in [-0.39, 0.29) is 6.61 Å². The second-order valence-corrected chi connectivity index (χ2v) is 5.78. The summed E-state index contributed by atoms with van der Waals surface area (Å²) in [6.45, 7) is 4.52. The SMILES string of the molecule is Cc1ccc(OCC(C)(O)CNC2CC2)c(Cl)c1. The maximum atomic E-state index is 10.2. The molecule has 0 saturated heterocycles. The van der Waals surface area contributed by atoms with Crippen molar-refractivity contribution in [2.75, 3.05) is 13.2 Å². The first-order chi connectivity index (χ1) is 8.46. The van der Waals surface area contributed by atoms with Crippen LogP contribution in [0.2, 0.25) is 5.02 Å². The lowest BCUT2D eigenvalue weighted by Crippen LogP contribution is -2.43. The van der Waals surface area contributed by atoms with E-state index in [4.69, 9.17) is 16.3 Å². The fourth-order valence-electron chi connectivity index (χ4n) is 1.66. The summed E-state index contributed by atoms with van der Waals surface area (Å²) in [5, 5.41) is 14.0. The molecule has 1 unspecified atom stereocenters. The molecule has 0 amide bonds. The Morgan fingerprint density at radius 2 is 2.22 bits per heavy atom. The molecular formula is C14H20ClNO2. The highest BCUT2D eigenvalue weighted by atomic mass is 35.5. The van der Waals surface area contributed by atoms with Gasteiger partial charge in [-0.3, -0.25) is 0 Å². The van der Waals surface area contributed by atoms with Crippen molar-refractivity contribution in [3.8, 4) is 5.75 Å². The molecule has 1 atom stereocenters. The van der Waals surface area contributed by atoms with Gasteiger partial charge in [0.05, 0.1) is 5.02 Å². The number of halogens is 1. The van der Waals surface area contributed by atoms with E-state index < -0.39 is 5.60 Å². The Balaban J connectivity index is 1.84. The maximum Gasteiger partial charge on any atom is 0.138 e. The molecule has 0 spiro atoms. The summed E-state index contributed by atoms with van der Waals surface area (Å²) in [4.78, 5) is 0. The van der Waals surface area contributed by atoms with E-state index >= 15 is 0 Å². The molecule has 1 saturated carbocycles. The van der Waals surface area contributed by atoms with Crippen molar-refractivity contribution in [3.05, 3.63) is 28.8 Å². The number of aliphatic hydroxyl groups is 1. The molecule has 2 N–H and O–H groups in total. The summed E-state index contributed by atoms with van der Waals surface area (Å²) in [6, 6.07) is 6.22. The van der Waals surface area contributed by atoms with Gasteiger partial charge in [-0.2, -0.15) is 0 Å². The fourth-order valence-corrected chi connectivity index (χ4v) is 1.95. The Bertz CT molecular complexity index is 416. The molecule has 2 rings (SSSR count). The van der Waals surface area contributed by atoms with Crippen LogP contribution in [0.5, 0.6) is 5.75 Å². The number of rotatable bonds is 6. The van der Waals surface area contributed by atoms with Gasteiger partial charge in [-0.05, 0) is 44.4 Å². The number of hydrogen-bond donors (Lipinski definition) is 2. The molecule has 0 radical (unpaired) electrons. The summed E-state index contributed by atoms with van der Waals surface area (Å²) in [5.41, 5.74) is 0.214. The Kier molecular flexibility index (Phi) is 4.15. The van der Waals surface area contributed by atoms with Crippen LogP contribution in [-0.2, 0) is 0 Å². The Morgan fingerprint density at radius 1 is 1.50 bits per heavy atom. The van der Waals surface area contributed by atoms with E-state index in [9.17, 15) is 5.11 Å². The molecule has 0 bridgehead atoms. The molecule has 0 aliphatic heterocycles. The van der Waals surface area contributed by atoms with Crippen molar-refractivity contribution in [2.45, 2.75) is 38.3 Å². The van der Waals surface area contributed by atoms with E-state index in [1.165, 1.54) is 12.8 Å². The number of benzene rings is 1. The molecule has 18 heavy (non-hydrogen) atoms. The largest absolute Gasteiger partial charge is 0.489 e. The van der Waals surface area contributed by atoms with Gasteiger partial charge in [0.25, 0.3) is 0 Å². The third-order valence-electron chi connectivity index (χ3n) is 2.97. The summed E-state index contributed by atoms with van der Waals surface area (Å²) in [6.07, 6.45) is 2.42. The second-order valence-electron chi connectivity index (χ2n) is 5.37. The van der Waals surface area contributed by atoms with Gasteiger partial charge < -0.3 is 15.2 Å². The van der Waals surface area contributed by atoms with Crippen LogP contribution in [0.4, 0.5) is 0 Å². The Labute approximate surface area is 113 Å². The van der Waals surface area contributed by atoms with E-state index in [1.807, 2.05) is 25.1 Å². The van der Waals surface area contributed by atoms with Gasteiger partial charge in [-0.25, -0.2) is 0 Å². The van der Waals surface area contributed by atoms with Crippen molar-refractivity contribution in [3.63, 3.8) is 0 Å². The summed E-state index contributed by atoms with van der Waals surface area (Å²) in [5.74, 6) is 0.619. The quantitative estimate of drug-likeness (QED) is 0.834. The lowest BCUT2D eigenvalue weighted by Gasteiger charge is -2.24. The minimum Gasteiger partial charge on any atom is -0.489 e. The molecule has 3 nitrogen and oxygen atoms in total. The minimum absolute atomic E-state index is 0.232. The van der Waals surface area contributed by atoms with Gasteiger partial charge in [-0.15, -0.1) is 0 Å². The first-order valence-electron chi connectivity index (χ1n) is 6.31. The zero-order valence-corrected chi connectivity index (χ0v) is 11.6. The molecule has 100 valence electrons. The summed E-state index contributed by atoms with van der Waals surface area (Å²) < 4.78 is 5.59. The fraction of sp³-hybridized carbons (Fsp3) is 0.571. The molecule has 0 heterocycles. The van der Waals surface area contributed by atoms with Gasteiger partial charge in [0, 0.05) is 12.6 Å². The van der Waals surface area contributed by atoms with Crippen LogP contribution in [0.15, 0.2) is 18.2 Å². The predicted octanol–water partition coefficient (Wildman–Crippen LogP) is 2.53. The van der Waals surface area contributed by atoms with Gasteiger partial charge >= 0.3 is 0 Å². The van der Waals surface area contributed by atoms with Gasteiger partial charge in [0.2, 0.25) is 0 Å². The van der Waals surface area contributed by atoms with Crippen LogP contribution < -0.4 is 10.1 Å². The van der Waals surface area contributed by atoms with Gasteiger partial charge in [-0.1, -0.05) is 17.7 Å². The van der Waals surface area contributed by atoms with Crippen LogP contribution in [0.25, 0.3) is 0 Å². The molecule has 1 fully saturated rings. The van der Waals surface area contributed by atoms with E-state index in [1.54, 1.807) is 6.92 Å². The molecular weight excluding hydrogens is 250 g/mol. The third kappa shape index (κ3) is 4.16. The third-order valence-corrected chi connectivity index (χ3v) is 3.27. The van der Waals surface area contributed by atoms with E-state index in [2.05, 4.69) is 5.32 Å². The Morgan fingerprint density at radius 3 is 2.83 bits per heavy atom. The molecule has 4 heteroatoms. The highest BCUT2D eigenvalue weighted by Gasteiger charge is 2.27. The zero-order chi connectivity index (χ0) is 13.2. The maximum absolute atomic E-state index is 10.2. The Hall–Kier alpha value is -0.770. The summed E-state index contributed by atoms with van der Waals surface area (Å²) in [7, 11) is 0. The van der Waals surface area contributed by atoms with Crippen LogP contribution in [0.1, 0.15) is 25.3 Å². The average Bonchev–Trinajstić information content (AvgIpc) is 3.09. The van der Waals surface area contributed by atoms with Crippen molar-refractivity contribution < 1.29 is 9.84 Å². The molecule has 1 aliphatic carbocycles. The lowest BCUT2D eigenvalue weighted by molar-refractivity contribution is 0.0120. The molecule has 1 aromatic carbocycles. The standard InChI is InChI=1S/C14H20ClNO2/c1-10-3-6-13(12(15)7-10)18-9-14(2,17)8-16-11-4-5-11/h3,6-7,11,16-17H,4-5,8-9H2,1-2H3. The van der Waals surface area contributed by atoms with Crippen molar-refractivity contribution in [1.29, 1.82) is 0 Å². The molecule has 1 aliphatic rings. The molecule has 1 aromatic rings. The van der Waals surface area contributed by atoms with Gasteiger partial charge in [0.15, 0.2) is 0 Å². The number of nitrogens with one attached hydrogen (secondary N) is 1. The van der Waals surface area contributed by atoms with E-state index in [0.29, 0.717) is 23.4 Å². The minimum atomic E-state index is -0.878. The molecule has 0 aromatic heterocycles. The van der Waals surface area contributed by atoms with Crippen LogP contribution >= 0.6 is 11.6 Å². The first-order valence-corrected chi connectivity index (χ1v) is 6.69. The summed E-state index contributed by atoms with van der Waals surface area (Å²) >= 11 is 6.07. The number of hydrogen-bond acceptors (Lipinski definition) is 3. The second kappa shape index (κ2) is 5.47. The zero-order valence-electron chi connectivity index (χ0n) is 10.9. The number of ether oxygens (including phenoxy) is 1. The van der Waals surface area contributed by atoms with Crippen molar-refractivity contribution in [2.24, 2.45) is 0 Å². The predicted molar refractivity (Wildman–Crippen MR) is 73.3 cm³/mol. The average molecular weight is 270 g/mol. The smallest absolute Gasteiger partial charge is 0.138 e. The van der Waals surface area contributed by atoms with E-state index in [0.717, 1.165) is 5.56 Å². The van der Waals surface area contributed by atoms with Gasteiger partial charge in [0.1, 0.15) is 18.0 Å².